The lowest BCUT2D eigenvalue weighted by Gasteiger charge is -2.18. The molecule has 0 fully saturated rings. The molecule has 0 rings (SSSR count). The molecule has 1 atom stereocenters. The predicted molar refractivity (Wildman–Crippen MR) is 75.5 cm³/mol. The van der Waals surface area contributed by atoms with Gasteiger partial charge in [-0.3, -0.25) is 4.79 Å². The van der Waals surface area contributed by atoms with Gasteiger partial charge in [0.25, 0.3) is 0 Å². The lowest BCUT2D eigenvalue weighted by Crippen LogP contribution is -2.50. The minimum absolute atomic E-state index is 0. The monoisotopic (exact) mass is 310 g/mol. The molecule has 1 amide bonds. The van der Waals surface area contributed by atoms with E-state index in [1.807, 2.05) is 0 Å². The Morgan fingerprint density at radius 2 is 1.50 bits per heavy atom. The van der Waals surface area contributed by atoms with E-state index in [9.17, 15) is 14.4 Å². The van der Waals surface area contributed by atoms with Crippen molar-refractivity contribution in [3.05, 3.63) is 0 Å². The third kappa shape index (κ3) is 7.30. The van der Waals surface area contributed by atoms with E-state index in [1.165, 1.54) is 0 Å². The van der Waals surface area contributed by atoms with Gasteiger partial charge in [-0.15, -0.1) is 12.4 Å². The van der Waals surface area contributed by atoms with Crippen molar-refractivity contribution in [2.45, 2.75) is 26.8 Å². The Morgan fingerprint density at radius 1 is 1.05 bits per heavy atom. The summed E-state index contributed by atoms with van der Waals surface area (Å²) in [6.45, 7) is 5.59. The van der Waals surface area contributed by atoms with Crippen LogP contribution >= 0.6 is 12.4 Å². The average molecular weight is 311 g/mol. The first-order chi connectivity index (χ1) is 8.97. The molecule has 0 bridgehead atoms. The van der Waals surface area contributed by atoms with Crippen LogP contribution in [0.5, 0.6) is 0 Å². The zero-order valence-corrected chi connectivity index (χ0v) is 13.0. The summed E-state index contributed by atoms with van der Waals surface area (Å²) < 4.78 is 9.48. The molecule has 0 aromatic rings. The number of hydrogen-bond acceptors (Lipinski definition) is 6. The van der Waals surface area contributed by atoms with Crippen LogP contribution in [-0.4, -0.2) is 50.7 Å². The second-order valence-corrected chi connectivity index (χ2v) is 3.90. The van der Waals surface area contributed by atoms with Gasteiger partial charge in [0.05, 0.1) is 13.2 Å². The highest BCUT2D eigenvalue weighted by Crippen LogP contribution is 1.99. The summed E-state index contributed by atoms with van der Waals surface area (Å²) in [6.07, 6.45) is 0. The van der Waals surface area contributed by atoms with Gasteiger partial charge in [-0.2, -0.15) is 0 Å². The molecule has 20 heavy (non-hydrogen) atoms. The Morgan fingerprint density at radius 3 is 1.85 bits per heavy atom. The topological polar surface area (TPSA) is 93.7 Å². The summed E-state index contributed by atoms with van der Waals surface area (Å²) in [7, 11) is 1.71. The van der Waals surface area contributed by atoms with Crippen molar-refractivity contribution >= 4 is 30.3 Å². The molecule has 118 valence electrons. The standard InChI is InChI=1S/C12H22N2O5.ClH/c1-5-18-11(16)9(12(17)19-6-2)14-10(15)8(3)7-13-4;/h8-9,13H,5-7H2,1-4H3,(H,14,15);1H. The van der Waals surface area contributed by atoms with Crippen molar-refractivity contribution in [1.29, 1.82) is 0 Å². The SMILES string of the molecule is CCOC(=O)C(NC(=O)C(C)CNC)C(=O)OCC.Cl. The highest BCUT2D eigenvalue weighted by atomic mass is 35.5. The van der Waals surface area contributed by atoms with Crippen LogP contribution in [0.25, 0.3) is 0 Å². The molecule has 0 aromatic heterocycles. The minimum atomic E-state index is -1.41. The molecule has 0 radical (unpaired) electrons. The van der Waals surface area contributed by atoms with E-state index in [2.05, 4.69) is 10.6 Å². The smallest absolute Gasteiger partial charge is 0.340 e. The number of nitrogens with one attached hydrogen (secondary N) is 2. The summed E-state index contributed by atoms with van der Waals surface area (Å²) in [6, 6.07) is -1.41. The Bertz CT molecular complexity index is 307. The number of hydrogen-bond donors (Lipinski definition) is 2. The molecule has 2 N–H and O–H groups in total. The maximum atomic E-state index is 11.8. The van der Waals surface area contributed by atoms with Crippen LogP contribution in [0.1, 0.15) is 20.8 Å². The number of rotatable bonds is 8. The predicted octanol–water partition coefficient (Wildman–Crippen LogP) is -0.125. The van der Waals surface area contributed by atoms with Crippen LogP contribution in [0.15, 0.2) is 0 Å². The van der Waals surface area contributed by atoms with E-state index in [-0.39, 0.29) is 31.5 Å². The second kappa shape index (κ2) is 11.5. The highest BCUT2D eigenvalue weighted by molar-refractivity contribution is 6.02. The molecule has 8 heteroatoms. The van der Waals surface area contributed by atoms with E-state index in [1.54, 1.807) is 27.8 Å². The van der Waals surface area contributed by atoms with Crippen LogP contribution in [0, 0.1) is 5.92 Å². The molecule has 1 unspecified atom stereocenters. The Hall–Kier alpha value is -1.34. The number of esters is 2. The first kappa shape index (κ1) is 21.0. The molecular formula is C12H23ClN2O5. The number of halogens is 1. The highest BCUT2D eigenvalue weighted by Gasteiger charge is 2.32. The van der Waals surface area contributed by atoms with Crippen molar-refractivity contribution in [3.8, 4) is 0 Å². The molecule has 7 nitrogen and oxygen atoms in total. The fourth-order valence-corrected chi connectivity index (χ4v) is 1.35. The normalized spacial score (nSPS) is 11.2. The molecule has 0 aliphatic carbocycles. The van der Waals surface area contributed by atoms with Crippen molar-refractivity contribution < 1.29 is 23.9 Å². The fourth-order valence-electron chi connectivity index (χ4n) is 1.35. The molecule has 0 aliphatic rings. The molecule has 0 spiro atoms. The maximum Gasteiger partial charge on any atom is 0.340 e. The summed E-state index contributed by atoms with van der Waals surface area (Å²) in [5.74, 6) is -2.42. The Balaban J connectivity index is 0. The molecule has 0 aliphatic heterocycles. The van der Waals surface area contributed by atoms with E-state index >= 15 is 0 Å². The minimum Gasteiger partial charge on any atom is -0.464 e. The van der Waals surface area contributed by atoms with E-state index in [4.69, 9.17) is 9.47 Å². The first-order valence-corrected chi connectivity index (χ1v) is 6.26. The van der Waals surface area contributed by atoms with Gasteiger partial charge in [0.15, 0.2) is 0 Å². The second-order valence-electron chi connectivity index (χ2n) is 3.90. The third-order valence-electron chi connectivity index (χ3n) is 2.29. The van der Waals surface area contributed by atoms with Crippen LogP contribution in [0.4, 0.5) is 0 Å². The number of ether oxygens (including phenoxy) is 2. The van der Waals surface area contributed by atoms with Crippen molar-refractivity contribution in [2.75, 3.05) is 26.8 Å². The van der Waals surface area contributed by atoms with Gasteiger partial charge in [0, 0.05) is 12.5 Å². The maximum absolute atomic E-state index is 11.8. The number of carbonyl (C=O) groups is 3. The molecule has 0 saturated heterocycles. The zero-order chi connectivity index (χ0) is 14.8. The molecule has 0 saturated carbocycles. The summed E-state index contributed by atoms with van der Waals surface area (Å²) in [4.78, 5) is 35.0. The van der Waals surface area contributed by atoms with Crippen molar-refractivity contribution in [1.82, 2.24) is 10.6 Å². The van der Waals surface area contributed by atoms with Gasteiger partial charge in [-0.1, -0.05) is 6.92 Å². The van der Waals surface area contributed by atoms with Gasteiger partial charge in [-0.05, 0) is 20.9 Å². The lowest BCUT2D eigenvalue weighted by molar-refractivity contribution is -0.159. The Kier molecular flexibility index (Phi) is 12.0. The summed E-state index contributed by atoms with van der Waals surface area (Å²) >= 11 is 0. The van der Waals surface area contributed by atoms with Gasteiger partial charge in [-0.25, -0.2) is 9.59 Å². The summed E-state index contributed by atoms with van der Waals surface area (Å²) in [5, 5.41) is 5.18. The van der Waals surface area contributed by atoms with Crippen LogP contribution in [0.3, 0.4) is 0 Å². The van der Waals surface area contributed by atoms with Crippen molar-refractivity contribution in [2.24, 2.45) is 5.92 Å². The van der Waals surface area contributed by atoms with Crippen molar-refractivity contribution in [3.63, 3.8) is 0 Å². The quantitative estimate of drug-likeness (QED) is 0.479. The third-order valence-corrected chi connectivity index (χ3v) is 2.29. The van der Waals surface area contributed by atoms with Gasteiger partial charge < -0.3 is 20.1 Å². The fraction of sp³-hybridized carbons (Fsp3) is 0.750. The van der Waals surface area contributed by atoms with Crippen LogP contribution in [0.2, 0.25) is 0 Å². The zero-order valence-electron chi connectivity index (χ0n) is 12.2. The number of amides is 1. The molecular weight excluding hydrogens is 288 g/mol. The largest absolute Gasteiger partial charge is 0.464 e. The number of carbonyl (C=O) groups excluding carboxylic acids is 3. The molecule has 0 aromatic carbocycles. The van der Waals surface area contributed by atoms with Gasteiger partial charge in [0.1, 0.15) is 0 Å². The van der Waals surface area contributed by atoms with Crippen LogP contribution < -0.4 is 10.6 Å². The van der Waals surface area contributed by atoms with E-state index in [0.29, 0.717) is 6.54 Å². The van der Waals surface area contributed by atoms with E-state index in [0.717, 1.165) is 0 Å². The summed E-state index contributed by atoms with van der Waals surface area (Å²) in [5.41, 5.74) is 0. The Labute approximate surface area is 125 Å². The van der Waals surface area contributed by atoms with E-state index < -0.39 is 23.9 Å². The van der Waals surface area contributed by atoms with Crippen LogP contribution in [-0.2, 0) is 23.9 Å². The lowest BCUT2D eigenvalue weighted by atomic mass is 10.1. The average Bonchev–Trinajstić information content (AvgIpc) is 2.36. The first-order valence-electron chi connectivity index (χ1n) is 6.26. The van der Waals surface area contributed by atoms with Gasteiger partial charge in [0.2, 0.25) is 11.9 Å². The molecule has 0 heterocycles. The van der Waals surface area contributed by atoms with Gasteiger partial charge >= 0.3 is 11.9 Å².